The Morgan fingerprint density at radius 1 is 1.12 bits per heavy atom. The lowest BCUT2D eigenvalue weighted by molar-refractivity contribution is 0.0610. The van der Waals surface area contributed by atoms with Crippen molar-refractivity contribution in [2.24, 2.45) is 11.3 Å². The van der Waals surface area contributed by atoms with Crippen LogP contribution in [-0.4, -0.2) is 48.4 Å². The molecule has 3 aliphatic rings. The Hall–Kier alpha value is -1.29. The molecule has 26 heavy (non-hydrogen) atoms. The van der Waals surface area contributed by atoms with Gasteiger partial charge in [-0.2, -0.15) is 0 Å². The van der Waals surface area contributed by atoms with E-state index in [9.17, 15) is 4.79 Å². The number of carbonyl (C=O) groups is 1. The number of piperidine rings is 1. The maximum atomic E-state index is 12.9. The zero-order chi connectivity index (χ0) is 18.1. The van der Waals surface area contributed by atoms with E-state index in [2.05, 4.69) is 9.80 Å². The second-order valence-electron chi connectivity index (χ2n) is 9.19. The molecule has 1 aliphatic carbocycles. The number of likely N-dealkylation sites (tertiary alicyclic amines) is 2. The molecule has 1 atom stereocenters. The van der Waals surface area contributed by atoms with Gasteiger partial charge in [0, 0.05) is 37.2 Å². The molecule has 4 nitrogen and oxygen atoms in total. The van der Waals surface area contributed by atoms with Crippen molar-refractivity contribution in [1.82, 2.24) is 9.80 Å². The van der Waals surface area contributed by atoms with Gasteiger partial charge in [-0.05, 0) is 64.5 Å². The van der Waals surface area contributed by atoms with E-state index < -0.39 is 0 Å². The second-order valence-corrected chi connectivity index (χ2v) is 9.19. The Morgan fingerprint density at radius 2 is 1.92 bits per heavy atom. The minimum Gasteiger partial charge on any atom is -0.456 e. The number of rotatable bonds is 3. The van der Waals surface area contributed by atoms with Crippen LogP contribution in [0.5, 0.6) is 0 Å². The standard InChI is InChI=1S/C22H34N2O2/c1-17-13-18(2)26-20(17)21(25)24-12-10-22(16-24)9-6-11-23(15-22)14-19-7-4-3-5-8-19/h13,19H,3-12,14-16H2,1-2H3. The molecule has 0 radical (unpaired) electrons. The molecule has 1 spiro atoms. The van der Waals surface area contributed by atoms with Crippen molar-refractivity contribution in [2.75, 3.05) is 32.7 Å². The first-order chi connectivity index (χ1) is 12.5. The first kappa shape index (κ1) is 18.1. The second kappa shape index (κ2) is 7.38. The molecule has 4 heteroatoms. The van der Waals surface area contributed by atoms with E-state index in [4.69, 9.17) is 4.42 Å². The SMILES string of the molecule is Cc1cc(C)c(C(=O)N2CCC3(CCCN(CC4CCCCC4)C3)C2)o1. The summed E-state index contributed by atoms with van der Waals surface area (Å²) in [7, 11) is 0. The smallest absolute Gasteiger partial charge is 0.289 e. The zero-order valence-electron chi connectivity index (χ0n) is 16.6. The van der Waals surface area contributed by atoms with Gasteiger partial charge in [0.2, 0.25) is 0 Å². The summed E-state index contributed by atoms with van der Waals surface area (Å²) < 4.78 is 5.68. The molecule has 3 heterocycles. The molecule has 1 amide bonds. The third-order valence-electron chi connectivity index (χ3n) is 6.94. The molecule has 1 aromatic rings. The minimum absolute atomic E-state index is 0.0943. The maximum Gasteiger partial charge on any atom is 0.289 e. The molecule has 0 bridgehead atoms. The molecule has 1 aromatic heterocycles. The van der Waals surface area contributed by atoms with Gasteiger partial charge in [-0.25, -0.2) is 0 Å². The lowest BCUT2D eigenvalue weighted by Crippen LogP contribution is -2.47. The number of nitrogens with zero attached hydrogens (tertiary/aromatic N) is 2. The minimum atomic E-state index is 0.0943. The summed E-state index contributed by atoms with van der Waals surface area (Å²) in [5, 5.41) is 0. The molecular formula is C22H34N2O2. The first-order valence-corrected chi connectivity index (χ1v) is 10.6. The van der Waals surface area contributed by atoms with Crippen molar-refractivity contribution in [2.45, 2.75) is 65.2 Å². The monoisotopic (exact) mass is 358 g/mol. The fourth-order valence-corrected chi connectivity index (χ4v) is 5.64. The van der Waals surface area contributed by atoms with Gasteiger partial charge in [-0.15, -0.1) is 0 Å². The predicted octanol–water partition coefficient (Wildman–Crippen LogP) is 4.40. The summed E-state index contributed by atoms with van der Waals surface area (Å²) in [5.74, 6) is 2.38. The van der Waals surface area contributed by atoms with Gasteiger partial charge < -0.3 is 14.2 Å². The molecular weight excluding hydrogens is 324 g/mol. The highest BCUT2D eigenvalue weighted by molar-refractivity contribution is 5.93. The zero-order valence-corrected chi connectivity index (χ0v) is 16.6. The molecule has 3 fully saturated rings. The maximum absolute atomic E-state index is 12.9. The van der Waals surface area contributed by atoms with Crippen molar-refractivity contribution in [1.29, 1.82) is 0 Å². The van der Waals surface area contributed by atoms with E-state index in [0.717, 1.165) is 36.8 Å². The van der Waals surface area contributed by atoms with Crippen LogP contribution >= 0.6 is 0 Å². The Morgan fingerprint density at radius 3 is 2.65 bits per heavy atom. The number of amides is 1. The van der Waals surface area contributed by atoms with Gasteiger partial charge >= 0.3 is 0 Å². The Labute approximate surface area is 157 Å². The molecule has 144 valence electrons. The summed E-state index contributed by atoms with van der Waals surface area (Å²) in [5.41, 5.74) is 1.29. The number of furan rings is 1. The molecule has 1 unspecified atom stereocenters. The van der Waals surface area contributed by atoms with Crippen LogP contribution in [0, 0.1) is 25.2 Å². The Balaban J connectivity index is 1.38. The van der Waals surface area contributed by atoms with Crippen molar-refractivity contribution < 1.29 is 9.21 Å². The highest BCUT2D eigenvalue weighted by Crippen LogP contribution is 2.40. The van der Waals surface area contributed by atoms with Crippen molar-refractivity contribution >= 4 is 5.91 Å². The van der Waals surface area contributed by atoms with Crippen LogP contribution in [0.1, 0.15) is 73.2 Å². The van der Waals surface area contributed by atoms with E-state index in [0.29, 0.717) is 11.2 Å². The quantitative estimate of drug-likeness (QED) is 0.803. The van der Waals surface area contributed by atoms with Crippen LogP contribution < -0.4 is 0 Å². The summed E-state index contributed by atoms with van der Waals surface area (Å²) in [6.45, 7) is 9.40. The van der Waals surface area contributed by atoms with E-state index in [1.165, 1.54) is 64.6 Å². The molecule has 0 N–H and O–H groups in total. The van der Waals surface area contributed by atoms with E-state index in [1.807, 2.05) is 19.9 Å². The van der Waals surface area contributed by atoms with E-state index in [1.54, 1.807) is 0 Å². The largest absolute Gasteiger partial charge is 0.456 e. The highest BCUT2D eigenvalue weighted by atomic mass is 16.4. The topological polar surface area (TPSA) is 36.7 Å². The summed E-state index contributed by atoms with van der Waals surface area (Å²) in [6.07, 6.45) is 10.8. The number of aryl methyl sites for hydroxylation is 2. The molecule has 4 rings (SSSR count). The fourth-order valence-electron chi connectivity index (χ4n) is 5.64. The van der Waals surface area contributed by atoms with E-state index in [-0.39, 0.29) is 5.91 Å². The van der Waals surface area contributed by atoms with Gasteiger partial charge in [-0.3, -0.25) is 4.79 Å². The average molecular weight is 359 g/mol. The van der Waals surface area contributed by atoms with Crippen molar-refractivity contribution in [3.8, 4) is 0 Å². The number of hydrogen-bond donors (Lipinski definition) is 0. The van der Waals surface area contributed by atoms with Crippen molar-refractivity contribution in [3.05, 3.63) is 23.2 Å². The van der Waals surface area contributed by atoms with Crippen molar-refractivity contribution in [3.63, 3.8) is 0 Å². The van der Waals surface area contributed by atoms with Gasteiger partial charge in [0.15, 0.2) is 5.76 Å². The number of carbonyl (C=O) groups excluding carboxylic acids is 1. The van der Waals surface area contributed by atoms with Gasteiger partial charge in [0.1, 0.15) is 5.76 Å². The van der Waals surface area contributed by atoms with Gasteiger partial charge in [0.25, 0.3) is 5.91 Å². The van der Waals surface area contributed by atoms with Crippen LogP contribution in [0.15, 0.2) is 10.5 Å². The Kier molecular flexibility index (Phi) is 5.13. The summed E-state index contributed by atoms with van der Waals surface area (Å²) >= 11 is 0. The molecule has 2 saturated heterocycles. The van der Waals surface area contributed by atoms with Gasteiger partial charge in [0.05, 0.1) is 0 Å². The molecule has 2 aliphatic heterocycles. The lowest BCUT2D eigenvalue weighted by Gasteiger charge is -2.42. The third-order valence-corrected chi connectivity index (χ3v) is 6.94. The normalized spacial score (nSPS) is 28.2. The van der Waals surface area contributed by atoms with Crippen LogP contribution in [0.3, 0.4) is 0 Å². The highest BCUT2D eigenvalue weighted by Gasteiger charge is 2.43. The molecule has 1 saturated carbocycles. The van der Waals surface area contributed by atoms with Crippen LogP contribution in [0.25, 0.3) is 0 Å². The fraction of sp³-hybridized carbons (Fsp3) is 0.773. The summed E-state index contributed by atoms with van der Waals surface area (Å²) in [6, 6.07) is 1.96. The summed E-state index contributed by atoms with van der Waals surface area (Å²) in [4.78, 5) is 17.7. The predicted molar refractivity (Wildman–Crippen MR) is 103 cm³/mol. The van der Waals surface area contributed by atoms with Crippen LogP contribution in [0.4, 0.5) is 0 Å². The first-order valence-electron chi connectivity index (χ1n) is 10.6. The average Bonchev–Trinajstić information content (AvgIpc) is 3.18. The lowest BCUT2D eigenvalue weighted by atomic mass is 9.78. The number of hydrogen-bond acceptors (Lipinski definition) is 3. The van der Waals surface area contributed by atoms with E-state index >= 15 is 0 Å². The Bertz CT molecular complexity index is 647. The van der Waals surface area contributed by atoms with Crippen LogP contribution in [-0.2, 0) is 0 Å². The van der Waals surface area contributed by atoms with Gasteiger partial charge in [-0.1, -0.05) is 19.3 Å². The third kappa shape index (κ3) is 3.71. The molecule has 0 aromatic carbocycles. The van der Waals surface area contributed by atoms with Crippen LogP contribution in [0.2, 0.25) is 0 Å².